The van der Waals surface area contributed by atoms with Crippen molar-refractivity contribution in [3.8, 4) is 5.75 Å². The standard InChI is InChI=1S/C26H30Cl2N4O4/c27-20-2-1-3-21(28)19(20)14-25(36)29-10-13-32-11-8-16(9-12-32)30-15-23(34)17-4-6-22(33)26-18(17)5-7-24(35)31-26/h1-7,16,23,30,33-34H,8-15H2,(H,29,36)(H,31,35). The smallest absolute Gasteiger partial charge is 0.248 e. The number of H-pyrrole nitrogens is 1. The normalized spacial score (nSPS) is 15.8. The molecule has 1 aliphatic heterocycles. The molecule has 3 aromatic rings. The Kier molecular flexibility index (Phi) is 8.87. The number of aromatic hydroxyl groups is 1. The van der Waals surface area contributed by atoms with Gasteiger partial charge in [-0.15, -0.1) is 0 Å². The van der Waals surface area contributed by atoms with E-state index < -0.39 is 6.10 Å². The summed E-state index contributed by atoms with van der Waals surface area (Å²) in [4.78, 5) is 28.8. The van der Waals surface area contributed by atoms with Crippen LogP contribution in [0, 0.1) is 0 Å². The van der Waals surface area contributed by atoms with Crippen LogP contribution in [0.15, 0.2) is 47.3 Å². The number of aliphatic hydroxyl groups excluding tert-OH is 1. The van der Waals surface area contributed by atoms with Gasteiger partial charge < -0.3 is 30.7 Å². The molecule has 192 valence electrons. The van der Waals surface area contributed by atoms with Crippen LogP contribution in [0.5, 0.6) is 5.75 Å². The van der Waals surface area contributed by atoms with E-state index in [1.165, 1.54) is 12.1 Å². The van der Waals surface area contributed by atoms with Crippen molar-refractivity contribution in [3.63, 3.8) is 0 Å². The molecule has 0 saturated carbocycles. The maximum atomic E-state index is 12.3. The number of hydrogen-bond donors (Lipinski definition) is 5. The van der Waals surface area contributed by atoms with Crippen molar-refractivity contribution < 1.29 is 15.0 Å². The van der Waals surface area contributed by atoms with Crippen LogP contribution in [-0.2, 0) is 11.2 Å². The third kappa shape index (κ3) is 6.57. The predicted molar refractivity (Wildman–Crippen MR) is 142 cm³/mol. The van der Waals surface area contributed by atoms with E-state index in [2.05, 4.69) is 20.5 Å². The zero-order valence-corrected chi connectivity index (χ0v) is 21.3. The lowest BCUT2D eigenvalue weighted by Gasteiger charge is -2.33. The fourth-order valence-electron chi connectivity index (χ4n) is 4.58. The Bertz CT molecular complexity index is 1250. The molecule has 1 amide bonds. The van der Waals surface area contributed by atoms with Gasteiger partial charge in [-0.2, -0.15) is 0 Å². The minimum Gasteiger partial charge on any atom is -0.506 e. The quantitative estimate of drug-likeness (QED) is 0.289. The number of nitrogens with zero attached hydrogens (tertiary/aromatic N) is 1. The highest BCUT2D eigenvalue weighted by Gasteiger charge is 2.21. The molecule has 5 N–H and O–H groups in total. The van der Waals surface area contributed by atoms with Gasteiger partial charge >= 0.3 is 0 Å². The number of phenols is 1. The Balaban J connectivity index is 1.19. The molecule has 2 heterocycles. The number of carbonyl (C=O) groups excluding carboxylic acids is 1. The number of phenolic OH excluding ortho intramolecular Hbond substituents is 1. The summed E-state index contributed by atoms with van der Waals surface area (Å²) in [6.07, 6.45) is 1.23. The number of nitrogens with one attached hydrogen (secondary N) is 3. The second-order valence-corrected chi connectivity index (χ2v) is 9.87. The molecule has 0 aliphatic carbocycles. The third-order valence-corrected chi connectivity index (χ3v) is 7.31. The molecule has 1 fully saturated rings. The zero-order valence-electron chi connectivity index (χ0n) is 19.8. The lowest BCUT2D eigenvalue weighted by atomic mass is 10.0. The van der Waals surface area contributed by atoms with Crippen molar-refractivity contribution in [1.82, 2.24) is 20.5 Å². The first kappa shape index (κ1) is 26.4. The first-order chi connectivity index (χ1) is 17.3. The van der Waals surface area contributed by atoms with E-state index in [4.69, 9.17) is 23.2 Å². The molecule has 4 rings (SSSR count). The molecule has 1 aliphatic rings. The summed E-state index contributed by atoms with van der Waals surface area (Å²) in [7, 11) is 0. The van der Waals surface area contributed by atoms with E-state index in [0.29, 0.717) is 45.2 Å². The molecule has 1 atom stereocenters. The average molecular weight is 533 g/mol. The molecule has 1 unspecified atom stereocenters. The van der Waals surface area contributed by atoms with Crippen LogP contribution >= 0.6 is 23.2 Å². The first-order valence-electron chi connectivity index (χ1n) is 12.0. The molecule has 0 radical (unpaired) electrons. The van der Waals surface area contributed by atoms with Crippen LogP contribution in [0.3, 0.4) is 0 Å². The van der Waals surface area contributed by atoms with Crippen molar-refractivity contribution in [2.75, 3.05) is 32.7 Å². The second-order valence-electron chi connectivity index (χ2n) is 9.05. The highest BCUT2D eigenvalue weighted by Crippen LogP contribution is 2.29. The van der Waals surface area contributed by atoms with E-state index in [-0.39, 0.29) is 29.7 Å². The van der Waals surface area contributed by atoms with Crippen LogP contribution in [0.1, 0.15) is 30.1 Å². The third-order valence-electron chi connectivity index (χ3n) is 6.60. The van der Waals surface area contributed by atoms with E-state index >= 15 is 0 Å². The van der Waals surface area contributed by atoms with E-state index in [9.17, 15) is 19.8 Å². The number of aliphatic hydroxyl groups is 1. The number of fused-ring (bicyclic) bond motifs is 1. The second kappa shape index (κ2) is 12.1. The average Bonchev–Trinajstić information content (AvgIpc) is 2.86. The van der Waals surface area contributed by atoms with E-state index in [1.807, 2.05) is 0 Å². The number of amides is 1. The molecule has 0 spiro atoms. The molecule has 1 aromatic heterocycles. The van der Waals surface area contributed by atoms with Crippen LogP contribution in [0.4, 0.5) is 0 Å². The van der Waals surface area contributed by atoms with Gasteiger partial charge in [0.2, 0.25) is 11.5 Å². The maximum Gasteiger partial charge on any atom is 0.248 e. The molecule has 1 saturated heterocycles. The summed E-state index contributed by atoms with van der Waals surface area (Å²) >= 11 is 12.3. The summed E-state index contributed by atoms with van der Waals surface area (Å²) in [5.74, 6) is -0.135. The lowest BCUT2D eigenvalue weighted by molar-refractivity contribution is -0.120. The number of halogens is 2. The molecule has 36 heavy (non-hydrogen) atoms. The number of likely N-dealkylation sites (tertiary alicyclic amines) is 1. The van der Waals surface area contributed by atoms with Crippen LogP contribution in [0.2, 0.25) is 10.0 Å². The number of carbonyl (C=O) groups is 1. The van der Waals surface area contributed by atoms with Crippen LogP contribution < -0.4 is 16.2 Å². The van der Waals surface area contributed by atoms with Gasteiger partial charge in [-0.25, -0.2) is 0 Å². The summed E-state index contributed by atoms with van der Waals surface area (Å²) in [6, 6.07) is 11.6. The monoisotopic (exact) mass is 532 g/mol. The molecular weight excluding hydrogens is 503 g/mol. The molecule has 2 aromatic carbocycles. The molecule has 10 heteroatoms. The van der Waals surface area contributed by atoms with Crippen molar-refractivity contribution in [1.29, 1.82) is 0 Å². The van der Waals surface area contributed by atoms with E-state index in [0.717, 1.165) is 32.5 Å². The van der Waals surface area contributed by atoms with Gasteiger partial charge in [0.05, 0.1) is 18.0 Å². The highest BCUT2D eigenvalue weighted by atomic mass is 35.5. The van der Waals surface area contributed by atoms with Crippen molar-refractivity contribution in [3.05, 3.63) is 74.0 Å². The highest BCUT2D eigenvalue weighted by molar-refractivity contribution is 6.36. The van der Waals surface area contributed by atoms with Gasteiger partial charge in [-0.1, -0.05) is 35.3 Å². The molecular formula is C26H30Cl2N4O4. The van der Waals surface area contributed by atoms with Gasteiger partial charge in [0.1, 0.15) is 5.75 Å². The van der Waals surface area contributed by atoms with Crippen molar-refractivity contribution >= 4 is 40.0 Å². The number of benzene rings is 2. The Morgan fingerprint density at radius 3 is 2.56 bits per heavy atom. The number of hydrogen-bond acceptors (Lipinski definition) is 6. The number of aromatic amines is 1. The van der Waals surface area contributed by atoms with Gasteiger partial charge in [0.15, 0.2) is 0 Å². The Labute approximate surface area is 219 Å². The molecule has 8 nitrogen and oxygen atoms in total. The summed E-state index contributed by atoms with van der Waals surface area (Å²) in [5.41, 5.74) is 1.31. The summed E-state index contributed by atoms with van der Waals surface area (Å²) < 4.78 is 0. The van der Waals surface area contributed by atoms with Gasteiger partial charge in [0.25, 0.3) is 0 Å². The largest absolute Gasteiger partial charge is 0.506 e. The minimum absolute atomic E-state index is 0.0252. The van der Waals surface area contributed by atoms with Crippen LogP contribution in [-0.4, -0.2) is 64.8 Å². The van der Waals surface area contributed by atoms with Crippen molar-refractivity contribution in [2.24, 2.45) is 0 Å². The number of aromatic nitrogens is 1. The Morgan fingerprint density at radius 1 is 1.11 bits per heavy atom. The fraction of sp³-hybridized carbons (Fsp3) is 0.385. The van der Waals surface area contributed by atoms with Gasteiger partial charge in [-0.3, -0.25) is 9.59 Å². The minimum atomic E-state index is -0.779. The number of rotatable bonds is 9. The van der Waals surface area contributed by atoms with Gasteiger partial charge in [-0.05, 0) is 61.3 Å². The maximum absolute atomic E-state index is 12.3. The first-order valence-corrected chi connectivity index (χ1v) is 12.8. The van der Waals surface area contributed by atoms with Crippen LogP contribution in [0.25, 0.3) is 10.9 Å². The topological polar surface area (TPSA) is 118 Å². The number of pyridine rings is 1. The fourth-order valence-corrected chi connectivity index (χ4v) is 5.11. The predicted octanol–water partition coefficient (Wildman–Crippen LogP) is 2.99. The summed E-state index contributed by atoms with van der Waals surface area (Å²) in [6.45, 7) is 3.46. The zero-order chi connectivity index (χ0) is 25.7. The summed E-state index contributed by atoms with van der Waals surface area (Å²) in [5, 5.41) is 28.8. The Hall–Kier alpha value is -2.62. The Morgan fingerprint density at radius 2 is 1.83 bits per heavy atom. The lowest BCUT2D eigenvalue weighted by Crippen LogP contribution is -2.45. The molecule has 0 bridgehead atoms. The number of piperidine rings is 1. The SMILES string of the molecule is O=C(Cc1c(Cl)cccc1Cl)NCCN1CCC(NCC(O)c2ccc(O)c3[nH]c(=O)ccc23)CC1. The van der Waals surface area contributed by atoms with Gasteiger partial charge in [0, 0.05) is 47.2 Å². The van der Waals surface area contributed by atoms with E-state index in [1.54, 1.807) is 30.3 Å². The van der Waals surface area contributed by atoms with Crippen molar-refractivity contribution in [2.45, 2.75) is 31.4 Å².